The Labute approximate surface area is 163 Å². The Kier molecular flexibility index (Phi) is 5.97. The van der Waals surface area contributed by atoms with Crippen molar-refractivity contribution >= 4 is 21.6 Å². The molecule has 1 saturated heterocycles. The summed E-state index contributed by atoms with van der Waals surface area (Å²) >= 11 is 0. The van der Waals surface area contributed by atoms with Crippen LogP contribution in [-0.2, 0) is 26.1 Å². The van der Waals surface area contributed by atoms with Gasteiger partial charge in [-0.1, -0.05) is 12.1 Å². The van der Waals surface area contributed by atoms with Gasteiger partial charge in [0.25, 0.3) is 5.56 Å². The van der Waals surface area contributed by atoms with Crippen molar-refractivity contribution in [1.82, 2.24) is 8.87 Å². The number of aromatic nitrogens is 1. The minimum absolute atomic E-state index is 0.0199. The van der Waals surface area contributed by atoms with Gasteiger partial charge in [0.15, 0.2) is 0 Å². The minimum Gasteiger partial charge on any atom is -0.379 e. The molecule has 0 unspecified atom stereocenters. The lowest BCUT2D eigenvalue weighted by atomic mass is 10.1. The van der Waals surface area contributed by atoms with Crippen LogP contribution in [0.15, 0.2) is 46.2 Å². The van der Waals surface area contributed by atoms with Crippen LogP contribution in [0.2, 0.25) is 0 Å². The fourth-order valence-electron chi connectivity index (χ4n) is 2.95. The van der Waals surface area contributed by atoms with E-state index in [9.17, 15) is 18.0 Å². The number of ether oxygens (including phenoxy) is 1. The molecule has 150 valence electrons. The van der Waals surface area contributed by atoms with E-state index in [0.29, 0.717) is 18.9 Å². The van der Waals surface area contributed by atoms with Crippen molar-refractivity contribution in [3.05, 3.63) is 58.0 Å². The van der Waals surface area contributed by atoms with E-state index in [1.807, 2.05) is 26.0 Å². The molecule has 0 radical (unpaired) electrons. The Morgan fingerprint density at radius 3 is 2.57 bits per heavy atom. The largest absolute Gasteiger partial charge is 0.379 e. The number of morpholine rings is 1. The van der Waals surface area contributed by atoms with Crippen molar-refractivity contribution in [3.63, 3.8) is 0 Å². The van der Waals surface area contributed by atoms with Crippen LogP contribution in [0.1, 0.15) is 11.1 Å². The quantitative estimate of drug-likeness (QED) is 0.804. The van der Waals surface area contributed by atoms with E-state index in [1.54, 1.807) is 6.07 Å². The average Bonchev–Trinajstić information content (AvgIpc) is 2.68. The van der Waals surface area contributed by atoms with E-state index in [0.717, 1.165) is 15.7 Å². The third-order valence-corrected chi connectivity index (χ3v) is 6.64. The molecule has 1 aliphatic rings. The highest BCUT2D eigenvalue weighted by Crippen LogP contribution is 2.18. The van der Waals surface area contributed by atoms with Crippen molar-refractivity contribution in [1.29, 1.82) is 0 Å². The fourth-order valence-corrected chi connectivity index (χ4v) is 4.38. The summed E-state index contributed by atoms with van der Waals surface area (Å²) in [6.45, 7) is 4.73. The van der Waals surface area contributed by atoms with Crippen molar-refractivity contribution in [3.8, 4) is 0 Å². The van der Waals surface area contributed by atoms with Crippen LogP contribution < -0.4 is 10.9 Å². The zero-order valence-corrected chi connectivity index (χ0v) is 16.7. The number of carbonyl (C=O) groups is 1. The molecule has 0 saturated carbocycles. The third kappa shape index (κ3) is 4.32. The zero-order valence-electron chi connectivity index (χ0n) is 15.8. The molecule has 1 amide bonds. The predicted octanol–water partition coefficient (Wildman–Crippen LogP) is 1.12. The summed E-state index contributed by atoms with van der Waals surface area (Å²) in [5.41, 5.74) is 2.19. The number of pyridine rings is 1. The van der Waals surface area contributed by atoms with Crippen LogP contribution in [0.4, 0.5) is 5.69 Å². The molecule has 1 N–H and O–H groups in total. The Balaban J connectivity index is 1.81. The van der Waals surface area contributed by atoms with Gasteiger partial charge in [0.05, 0.1) is 18.1 Å². The van der Waals surface area contributed by atoms with E-state index in [1.165, 1.54) is 22.6 Å². The van der Waals surface area contributed by atoms with E-state index >= 15 is 0 Å². The lowest BCUT2D eigenvalue weighted by molar-refractivity contribution is -0.116. The molecule has 1 aromatic carbocycles. The van der Waals surface area contributed by atoms with Crippen molar-refractivity contribution in [2.75, 3.05) is 31.6 Å². The van der Waals surface area contributed by atoms with Crippen molar-refractivity contribution < 1.29 is 17.9 Å². The fraction of sp³-hybridized carbons (Fsp3) is 0.368. The minimum atomic E-state index is -3.75. The number of benzene rings is 1. The summed E-state index contributed by atoms with van der Waals surface area (Å²) in [4.78, 5) is 24.5. The third-order valence-electron chi connectivity index (χ3n) is 4.76. The maximum Gasteiger partial charge on any atom is 0.251 e. The van der Waals surface area contributed by atoms with Crippen LogP contribution in [-0.4, -0.2) is 49.5 Å². The molecule has 0 bridgehead atoms. The maximum absolute atomic E-state index is 12.8. The molecule has 8 nitrogen and oxygen atoms in total. The molecule has 1 aliphatic heterocycles. The first kappa shape index (κ1) is 20.2. The zero-order chi connectivity index (χ0) is 20.3. The normalized spacial score (nSPS) is 15.4. The number of nitrogens with one attached hydrogen (secondary N) is 1. The first-order valence-electron chi connectivity index (χ1n) is 8.93. The summed E-state index contributed by atoms with van der Waals surface area (Å²) in [5.74, 6) is -0.406. The van der Waals surface area contributed by atoms with Crippen LogP contribution >= 0.6 is 0 Å². The monoisotopic (exact) mass is 405 g/mol. The number of hydrogen-bond donors (Lipinski definition) is 1. The van der Waals surface area contributed by atoms with Gasteiger partial charge in [0, 0.05) is 31.0 Å². The molecular formula is C19H23N3O5S. The standard InChI is InChI=1S/C19H23N3O5S/c1-14-4-3-5-17(15(14)2)20-18(23)13-21-12-16(6-7-19(21)24)28(25,26)22-8-10-27-11-9-22/h3-7,12H,8-11,13H2,1-2H3,(H,20,23). The topological polar surface area (TPSA) is 97.7 Å². The molecule has 1 fully saturated rings. The predicted molar refractivity (Wildman–Crippen MR) is 105 cm³/mol. The molecular weight excluding hydrogens is 382 g/mol. The molecule has 3 rings (SSSR count). The summed E-state index contributed by atoms with van der Waals surface area (Å²) in [5, 5.41) is 2.77. The molecule has 2 heterocycles. The van der Waals surface area contributed by atoms with E-state index < -0.39 is 21.5 Å². The molecule has 0 atom stereocenters. The Morgan fingerprint density at radius 1 is 1.14 bits per heavy atom. The van der Waals surface area contributed by atoms with Gasteiger partial charge in [-0.2, -0.15) is 4.31 Å². The van der Waals surface area contributed by atoms with Gasteiger partial charge in [0.2, 0.25) is 15.9 Å². The second-order valence-corrected chi connectivity index (χ2v) is 8.58. The van der Waals surface area contributed by atoms with Gasteiger partial charge in [-0.05, 0) is 37.1 Å². The Morgan fingerprint density at radius 2 is 1.86 bits per heavy atom. The van der Waals surface area contributed by atoms with E-state index in [-0.39, 0.29) is 24.5 Å². The number of hydrogen-bond acceptors (Lipinski definition) is 5. The van der Waals surface area contributed by atoms with Crippen molar-refractivity contribution in [2.45, 2.75) is 25.3 Å². The number of anilines is 1. The number of nitrogens with zero attached hydrogens (tertiary/aromatic N) is 2. The van der Waals surface area contributed by atoms with Crippen LogP contribution in [0.5, 0.6) is 0 Å². The number of rotatable bonds is 5. The van der Waals surface area contributed by atoms with Crippen molar-refractivity contribution in [2.24, 2.45) is 0 Å². The molecule has 1 aromatic heterocycles. The summed E-state index contributed by atoms with van der Waals surface area (Å²) < 4.78 is 33.1. The molecule has 9 heteroatoms. The Bertz CT molecular complexity index is 1040. The number of amides is 1. The van der Waals surface area contributed by atoms with Crippen LogP contribution in [0.25, 0.3) is 0 Å². The summed E-state index contributed by atoms with van der Waals surface area (Å²) in [7, 11) is -3.75. The first-order chi connectivity index (χ1) is 13.3. The Hall–Kier alpha value is -2.49. The van der Waals surface area contributed by atoms with Gasteiger partial charge in [-0.25, -0.2) is 8.42 Å². The van der Waals surface area contributed by atoms with Crippen LogP contribution in [0.3, 0.4) is 0 Å². The first-order valence-corrected chi connectivity index (χ1v) is 10.4. The highest BCUT2D eigenvalue weighted by atomic mass is 32.2. The molecule has 2 aromatic rings. The van der Waals surface area contributed by atoms with Gasteiger partial charge in [0.1, 0.15) is 6.54 Å². The number of aryl methyl sites for hydroxylation is 1. The smallest absolute Gasteiger partial charge is 0.251 e. The van der Waals surface area contributed by atoms with Gasteiger partial charge >= 0.3 is 0 Å². The molecule has 0 aliphatic carbocycles. The summed E-state index contributed by atoms with van der Waals surface area (Å²) in [6.07, 6.45) is 1.22. The van der Waals surface area contributed by atoms with E-state index in [4.69, 9.17) is 4.74 Å². The van der Waals surface area contributed by atoms with E-state index in [2.05, 4.69) is 5.32 Å². The summed E-state index contributed by atoms with van der Waals surface area (Å²) in [6, 6.07) is 7.99. The highest BCUT2D eigenvalue weighted by Gasteiger charge is 2.27. The average molecular weight is 405 g/mol. The van der Waals surface area contributed by atoms with Crippen LogP contribution in [0, 0.1) is 13.8 Å². The lowest BCUT2D eigenvalue weighted by Gasteiger charge is -2.26. The van der Waals surface area contributed by atoms with Gasteiger partial charge in [-0.3, -0.25) is 9.59 Å². The maximum atomic E-state index is 12.8. The van der Waals surface area contributed by atoms with Gasteiger partial charge in [-0.15, -0.1) is 0 Å². The SMILES string of the molecule is Cc1cccc(NC(=O)Cn2cc(S(=O)(=O)N3CCOCC3)ccc2=O)c1C. The van der Waals surface area contributed by atoms with Gasteiger partial charge < -0.3 is 14.6 Å². The second-order valence-electron chi connectivity index (χ2n) is 6.64. The molecule has 0 spiro atoms. The number of carbonyl (C=O) groups excluding carboxylic acids is 1. The highest BCUT2D eigenvalue weighted by molar-refractivity contribution is 7.89. The second kappa shape index (κ2) is 8.26. The lowest BCUT2D eigenvalue weighted by Crippen LogP contribution is -2.41. The molecule has 28 heavy (non-hydrogen) atoms. The number of sulfonamides is 1.